The molecule has 0 amide bonds. The molecule has 0 spiro atoms. The Bertz CT molecular complexity index is 178. The van der Waals surface area contributed by atoms with Gasteiger partial charge < -0.3 is 4.90 Å². The van der Waals surface area contributed by atoms with Crippen LogP contribution in [0.2, 0.25) is 0 Å². The second-order valence-corrected chi connectivity index (χ2v) is 5.58. The molecule has 3 atom stereocenters. The molecule has 1 aliphatic carbocycles. The average Bonchev–Trinajstić information content (AvgIpc) is 2.18. The minimum absolute atomic E-state index is 0.923. The lowest BCUT2D eigenvalue weighted by atomic mass is 9.76. The Morgan fingerprint density at radius 3 is 2.57 bits per heavy atom. The van der Waals surface area contributed by atoms with Crippen LogP contribution in [-0.4, -0.2) is 24.5 Å². The predicted molar refractivity (Wildman–Crippen MR) is 61.4 cm³/mol. The number of likely N-dealkylation sites (tertiary alicyclic amines) is 1. The Labute approximate surface area is 88.9 Å². The van der Waals surface area contributed by atoms with Crippen molar-refractivity contribution < 1.29 is 0 Å². The van der Waals surface area contributed by atoms with Crippen molar-refractivity contribution in [3.8, 4) is 0 Å². The summed E-state index contributed by atoms with van der Waals surface area (Å²) >= 11 is 0. The molecule has 1 heterocycles. The van der Waals surface area contributed by atoms with Crippen LogP contribution in [-0.2, 0) is 0 Å². The van der Waals surface area contributed by atoms with Gasteiger partial charge in [-0.25, -0.2) is 0 Å². The smallest absolute Gasteiger partial charge is 0.0121 e. The maximum atomic E-state index is 2.63. The first kappa shape index (κ1) is 10.5. The Kier molecular flexibility index (Phi) is 3.48. The first-order valence-electron chi connectivity index (χ1n) is 6.47. The van der Waals surface area contributed by atoms with Gasteiger partial charge in [-0.2, -0.15) is 0 Å². The molecule has 0 bridgehead atoms. The molecule has 82 valence electrons. The van der Waals surface area contributed by atoms with Crippen molar-refractivity contribution in [1.82, 2.24) is 4.90 Å². The van der Waals surface area contributed by atoms with Crippen LogP contribution in [0.1, 0.15) is 51.9 Å². The Balaban J connectivity index is 1.91. The Morgan fingerprint density at radius 1 is 1.00 bits per heavy atom. The van der Waals surface area contributed by atoms with Gasteiger partial charge in [0.15, 0.2) is 0 Å². The molecule has 2 fully saturated rings. The zero-order valence-electron chi connectivity index (χ0n) is 9.84. The van der Waals surface area contributed by atoms with Gasteiger partial charge in [0.05, 0.1) is 0 Å². The number of hydrogen-bond acceptors (Lipinski definition) is 1. The van der Waals surface area contributed by atoms with E-state index < -0.39 is 0 Å². The van der Waals surface area contributed by atoms with Crippen molar-refractivity contribution in [2.75, 3.05) is 13.6 Å². The Hall–Kier alpha value is -0.0400. The number of rotatable bonds is 1. The SMILES string of the molecule is CC1CCCC(C2CCCCN2C)C1. The highest BCUT2D eigenvalue weighted by molar-refractivity contribution is 4.84. The van der Waals surface area contributed by atoms with Crippen molar-refractivity contribution in [2.45, 2.75) is 57.9 Å². The fourth-order valence-corrected chi connectivity index (χ4v) is 3.53. The van der Waals surface area contributed by atoms with E-state index in [0.29, 0.717) is 0 Å². The average molecular weight is 195 g/mol. The van der Waals surface area contributed by atoms with Crippen molar-refractivity contribution in [2.24, 2.45) is 11.8 Å². The molecule has 0 radical (unpaired) electrons. The maximum absolute atomic E-state index is 2.63. The van der Waals surface area contributed by atoms with E-state index in [1.54, 1.807) is 0 Å². The van der Waals surface area contributed by atoms with Gasteiger partial charge in [-0.3, -0.25) is 0 Å². The fourth-order valence-electron chi connectivity index (χ4n) is 3.53. The molecule has 1 saturated carbocycles. The highest BCUT2D eigenvalue weighted by Crippen LogP contribution is 2.35. The molecule has 1 heteroatoms. The number of piperidine rings is 1. The van der Waals surface area contributed by atoms with E-state index in [-0.39, 0.29) is 0 Å². The lowest BCUT2D eigenvalue weighted by Gasteiger charge is -2.41. The predicted octanol–water partition coefficient (Wildman–Crippen LogP) is 3.30. The number of hydrogen-bond donors (Lipinski definition) is 0. The molecule has 1 nitrogen and oxygen atoms in total. The second kappa shape index (κ2) is 4.65. The normalized spacial score (nSPS) is 41.1. The topological polar surface area (TPSA) is 3.24 Å². The summed E-state index contributed by atoms with van der Waals surface area (Å²) in [6.45, 7) is 3.78. The van der Waals surface area contributed by atoms with Crippen LogP contribution in [0, 0.1) is 11.8 Å². The van der Waals surface area contributed by atoms with Gasteiger partial charge in [0.25, 0.3) is 0 Å². The van der Waals surface area contributed by atoms with Crippen LogP contribution in [0.5, 0.6) is 0 Å². The summed E-state index contributed by atoms with van der Waals surface area (Å²) in [5, 5.41) is 0. The third kappa shape index (κ3) is 2.31. The van der Waals surface area contributed by atoms with E-state index >= 15 is 0 Å². The van der Waals surface area contributed by atoms with Crippen LogP contribution in [0.3, 0.4) is 0 Å². The molecule has 0 aromatic carbocycles. The van der Waals surface area contributed by atoms with Gasteiger partial charge in [0.2, 0.25) is 0 Å². The molecule has 1 saturated heterocycles. The van der Waals surface area contributed by atoms with Gasteiger partial charge in [-0.05, 0) is 51.1 Å². The summed E-state index contributed by atoms with van der Waals surface area (Å²) in [4.78, 5) is 2.63. The molecule has 0 aromatic heterocycles. The molecular weight excluding hydrogens is 170 g/mol. The minimum atomic E-state index is 0.923. The molecule has 0 aromatic rings. The summed E-state index contributed by atoms with van der Waals surface area (Å²) in [7, 11) is 2.34. The van der Waals surface area contributed by atoms with E-state index in [9.17, 15) is 0 Å². The van der Waals surface area contributed by atoms with Gasteiger partial charge >= 0.3 is 0 Å². The first-order valence-corrected chi connectivity index (χ1v) is 6.47. The lowest BCUT2D eigenvalue weighted by Crippen LogP contribution is -2.42. The largest absolute Gasteiger partial charge is 0.303 e. The van der Waals surface area contributed by atoms with Crippen molar-refractivity contribution in [1.29, 1.82) is 0 Å². The molecule has 14 heavy (non-hydrogen) atoms. The van der Waals surface area contributed by atoms with Crippen LogP contribution < -0.4 is 0 Å². The molecule has 3 unspecified atom stereocenters. The monoisotopic (exact) mass is 195 g/mol. The van der Waals surface area contributed by atoms with Crippen LogP contribution in [0.15, 0.2) is 0 Å². The van der Waals surface area contributed by atoms with E-state index in [4.69, 9.17) is 0 Å². The quantitative estimate of drug-likeness (QED) is 0.620. The second-order valence-electron chi connectivity index (χ2n) is 5.58. The standard InChI is InChI=1S/C13H25N/c1-11-6-5-7-12(10-11)13-8-3-4-9-14(13)2/h11-13H,3-10H2,1-2H3. The summed E-state index contributed by atoms with van der Waals surface area (Å²) in [5.41, 5.74) is 0. The fraction of sp³-hybridized carbons (Fsp3) is 1.00. The zero-order chi connectivity index (χ0) is 9.97. The molecule has 0 N–H and O–H groups in total. The summed E-state index contributed by atoms with van der Waals surface area (Å²) in [6, 6.07) is 0.923. The molecule has 2 rings (SSSR count). The Morgan fingerprint density at radius 2 is 1.86 bits per heavy atom. The van der Waals surface area contributed by atoms with Crippen LogP contribution in [0.4, 0.5) is 0 Å². The van der Waals surface area contributed by atoms with E-state index in [2.05, 4.69) is 18.9 Å². The van der Waals surface area contributed by atoms with Gasteiger partial charge in [0.1, 0.15) is 0 Å². The molecular formula is C13H25N. The van der Waals surface area contributed by atoms with E-state index in [1.807, 2.05) is 0 Å². The van der Waals surface area contributed by atoms with Gasteiger partial charge in [-0.1, -0.05) is 26.2 Å². The summed E-state index contributed by atoms with van der Waals surface area (Å²) in [5.74, 6) is 2.01. The highest BCUT2D eigenvalue weighted by Gasteiger charge is 2.30. The highest BCUT2D eigenvalue weighted by atomic mass is 15.1. The maximum Gasteiger partial charge on any atom is 0.0121 e. The molecule has 2 aliphatic rings. The summed E-state index contributed by atoms with van der Waals surface area (Å²) in [6.07, 6.45) is 10.3. The van der Waals surface area contributed by atoms with Crippen LogP contribution >= 0.6 is 0 Å². The summed E-state index contributed by atoms with van der Waals surface area (Å²) < 4.78 is 0. The van der Waals surface area contributed by atoms with Crippen LogP contribution in [0.25, 0.3) is 0 Å². The van der Waals surface area contributed by atoms with Crippen molar-refractivity contribution in [3.05, 3.63) is 0 Å². The zero-order valence-corrected chi connectivity index (χ0v) is 9.84. The third-order valence-electron chi connectivity index (χ3n) is 4.35. The first-order chi connectivity index (χ1) is 6.77. The lowest BCUT2D eigenvalue weighted by molar-refractivity contribution is 0.0931. The van der Waals surface area contributed by atoms with Gasteiger partial charge in [-0.15, -0.1) is 0 Å². The van der Waals surface area contributed by atoms with Crippen molar-refractivity contribution >= 4 is 0 Å². The number of nitrogens with zero attached hydrogens (tertiary/aromatic N) is 1. The minimum Gasteiger partial charge on any atom is -0.303 e. The third-order valence-corrected chi connectivity index (χ3v) is 4.35. The van der Waals surface area contributed by atoms with E-state index in [1.165, 1.54) is 51.5 Å². The molecule has 1 aliphatic heterocycles. The van der Waals surface area contributed by atoms with Gasteiger partial charge in [0, 0.05) is 6.04 Å². The van der Waals surface area contributed by atoms with E-state index in [0.717, 1.165) is 17.9 Å². The van der Waals surface area contributed by atoms with Crippen molar-refractivity contribution in [3.63, 3.8) is 0 Å².